The Kier molecular flexibility index (Phi) is 4.77. The fourth-order valence-corrected chi connectivity index (χ4v) is 2.75. The molecule has 0 saturated carbocycles. The van der Waals surface area contributed by atoms with Crippen LogP contribution in [0.15, 0.2) is 18.2 Å². The molecule has 1 aliphatic rings. The van der Waals surface area contributed by atoms with Crippen LogP contribution in [0.4, 0.5) is 5.69 Å². The number of nitrogens with one attached hydrogen (secondary N) is 1. The summed E-state index contributed by atoms with van der Waals surface area (Å²) < 4.78 is 0. The molecule has 0 radical (unpaired) electrons. The Bertz CT molecular complexity index is 407. The monoisotopic (exact) mass is 286 g/mol. The molecule has 2 nitrogen and oxygen atoms in total. The lowest BCUT2D eigenvalue weighted by Crippen LogP contribution is -2.30. The average Bonchev–Trinajstić information content (AvgIpc) is 2.78. The number of hydrogen-bond donors (Lipinski definition) is 1. The van der Waals surface area contributed by atoms with Crippen LogP contribution in [0, 0.1) is 5.92 Å². The van der Waals surface area contributed by atoms with Gasteiger partial charge in [0.25, 0.3) is 0 Å². The molecule has 1 aliphatic heterocycles. The molecule has 0 amide bonds. The maximum absolute atomic E-state index is 6.24. The Morgan fingerprint density at radius 2 is 2.17 bits per heavy atom. The lowest BCUT2D eigenvalue weighted by Gasteiger charge is -2.21. The van der Waals surface area contributed by atoms with E-state index in [-0.39, 0.29) is 0 Å². The van der Waals surface area contributed by atoms with Crippen molar-refractivity contribution in [2.45, 2.75) is 26.3 Å². The van der Waals surface area contributed by atoms with E-state index >= 15 is 0 Å². The molecule has 1 unspecified atom stereocenters. The molecule has 1 fully saturated rings. The van der Waals surface area contributed by atoms with Crippen molar-refractivity contribution < 1.29 is 0 Å². The smallest absolute Gasteiger partial charge is 0.0640 e. The van der Waals surface area contributed by atoms with E-state index in [4.69, 9.17) is 23.2 Å². The molecule has 0 aliphatic carbocycles. The Morgan fingerprint density at radius 1 is 1.39 bits per heavy atom. The molecule has 1 aromatic carbocycles. The van der Waals surface area contributed by atoms with Gasteiger partial charge in [-0.1, -0.05) is 37.0 Å². The first-order valence-electron chi connectivity index (χ1n) is 6.49. The van der Waals surface area contributed by atoms with Gasteiger partial charge >= 0.3 is 0 Å². The second-order valence-electron chi connectivity index (χ2n) is 5.26. The highest BCUT2D eigenvalue weighted by Crippen LogP contribution is 2.32. The van der Waals surface area contributed by atoms with Gasteiger partial charge in [-0.15, -0.1) is 0 Å². The highest BCUT2D eigenvalue weighted by atomic mass is 35.5. The lowest BCUT2D eigenvalue weighted by atomic mass is 10.1. The molecule has 0 aromatic heterocycles. The van der Waals surface area contributed by atoms with Crippen LogP contribution in [-0.2, 0) is 0 Å². The summed E-state index contributed by atoms with van der Waals surface area (Å²) in [4.78, 5) is 2.33. The number of hydrogen-bond acceptors (Lipinski definition) is 2. The van der Waals surface area contributed by atoms with E-state index < -0.39 is 0 Å². The van der Waals surface area contributed by atoms with Gasteiger partial charge in [0.2, 0.25) is 0 Å². The Labute approximate surface area is 119 Å². The minimum Gasteiger partial charge on any atom is -0.370 e. The number of rotatable bonds is 4. The fraction of sp³-hybridized carbons (Fsp3) is 0.571. The van der Waals surface area contributed by atoms with Crippen molar-refractivity contribution in [3.63, 3.8) is 0 Å². The first-order chi connectivity index (χ1) is 8.56. The van der Waals surface area contributed by atoms with Gasteiger partial charge in [0.05, 0.1) is 10.7 Å². The quantitative estimate of drug-likeness (QED) is 0.905. The third kappa shape index (κ3) is 3.53. The van der Waals surface area contributed by atoms with Crippen LogP contribution in [0.3, 0.4) is 0 Å². The number of benzene rings is 1. The van der Waals surface area contributed by atoms with Gasteiger partial charge in [0.15, 0.2) is 0 Å². The van der Waals surface area contributed by atoms with E-state index in [1.807, 2.05) is 18.2 Å². The largest absolute Gasteiger partial charge is 0.370 e. The second kappa shape index (κ2) is 6.14. The molecular weight excluding hydrogens is 267 g/mol. The average molecular weight is 287 g/mol. The Balaban J connectivity index is 1.97. The molecule has 100 valence electrons. The van der Waals surface area contributed by atoms with Crippen LogP contribution in [-0.4, -0.2) is 25.7 Å². The topological polar surface area (TPSA) is 15.3 Å². The van der Waals surface area contributed by atoms with Crippen molar-refractivity contribution in [3.8, 4) is 0 Å². The predicted molar refractivity (Wildman–Crippen MR) is 79.9 cm³/mol. The molecule has 18 heavy (non-hydrogen) atoms. The van der Waals surface area contributed by atoms with Crippen molar-refractivity contribution in [2.75, 3.05) is 24.5 Å². The van der Waals surface area contributed by atoms with Gasteiger partial charge in [-0.2, -0.15) is 0 Å². The normalized spacial score (nSPS) is 19.8. The zero-order chi connectivity index (χ0) is 13.1. The molecule has 1 atom stereocenters. The SMILES string of the molecule is CC(C)NCC1CCN(c2cc(Cl)ccc2Cl)C1. The molecule has 4 heteroatoms. The third-order valence-electron chi connectivity index (χ3n) is 3.35. The summed E-state index contributed by atoms with van der Waals surface area (Å²) in [6.07, 6.45) is 1.21. The number of halogens is 2. The summed E-state index contributed by atoms with van der Waals surface area (Å²) >= 11 is 12.3. The first-order valence-corrected chi connectivity index (χ1v) is 7.25. The van der Waals surface area contributed by atoms with Crippen LogP contribution < -0.4 is 10.2 Å². The van der Waals surface area contributed by atoms with Crippen LogP contribution in [0.5, 0.6) is 0 Å². The highest BCUT2D eigenvalue weighted by Gasteiger charge is 2.24. The van der Waals surface area contributed by atoms with E-state index in [1.54, 1.807) is 0 Å². The fourth-order valence-electron chi connectivity index (χ4n) is 2.35. The molecule has 2 rings (SSSR count). The summed E-state index contributed by atoms with van der Waals surface area (Å²) in [6, 6.07) is 6.22. The van der Waals surface area contributed by atoms with Gasteiger partial charge in [-0.25, -0.2) is 0 Å². The maximum atomic E-state index is 6.24. The number of nitrogens with zero attached hydrogens (tertiary/aromatic N) is 1. The molecule has 0 spiro atoms. The van der Waals surface area contributed by atoms with E-state index in [1.165, 1.54) is 6.42 Å². The molecule has 1 saturated heterocycles. The second-order valence-corrected chi connectivity index (χ2v) is 6.10. The van der Waals surface area contributed by atoms with Crippen LogP contribution >= 0.6 is 23.2 Å². The van der Waals surface area contributed by atoms with Crippen molar-refractivity contribution in [3.05, 3.63) is 28.2 Å². The Hall–Kier alpha value is -0.440. The zero-order valence-electron chi connectivity index (χ0n) is 10.9. The predicted octanol–water partition coefficient (Wildman–Crippen LogP) is 3.82. The molecular formula is C14H20Cl2N2. The summed E-state index contributed by atoms with van der Waals surface area (Å²) in [6.45, 7) is 7.55. The van der Waals surface area contributed by atoms with E-state index in [0.717, 1.165) is 35.4 Å². The minimum absolute atomic E-state index is 0.550. The van der Waals surface area contributed by atoms with Gasteiger partial charge in [0.1, 0.15) is 0 Å². The van der Waals surface area contributed by atoms with Crippen molar-refractivity contribution >= 4 is 28.9 Å². The van der Waals surface area contributed by atoms with Crippen LogP contribution in [0.25, 0.3) is 0 Å². The van der Waals surface area contributed by atoms with Crippen molar-refractivity contribution in [1.82, 2.24) is 5.32 Å². The highest BCUT2D eigenvalue weighted by molar-refractivity contribution is 6.35. The zero-order valence-corrected chi connectivity index (χ0v) is 12.4. The standard InChI is InChI=1S/C14H20Cl2N2/c1-10(2)17-8-11-5-6-18(9-11)14-7-12(15)3-4-13(14)16/h3-4,7,10-11,17H,5-6,8-9H2,1-2H3. The van der Waals surface area contributed by atoms with Gasteiger partial charge in [0, 0.05) is 24.2 Å². The summed E-state index contributed by atoms with van der Waals surface area (Å²) in [5.74, 6) is 0.697. The van der Waals surface area contributed by atoms with Crippen molar-refractivity contribution in [2.24, 2.45) is 5.92 Å². The number of anilines is 1. The summed E-state index contributed by atoms with van der Waals surface area (Å²) in [5.41, 5.74) is 1.07. The third-order valence-corrected chi connectivity index (χ3v) is 3.90. The summed E-state index contributed by atoms with van der Waals surface area (Å²) in [5, 5.41) is 5.04. The van der Waals surface area contributed by atoms with E-state index in [0.29, 0.717) is 12.0 Å². The Morgan fingerprint density at radius 3 is 2.89 bits per heavy atom. The first kappa shape index (κ1) is 14.0. The lowest BCUT2D eigenvalue weighted by molar-refractivity contribution is 0.480. The van der Waals surface area contributed by atoms with E-state index in [2.05, 4.69) is 24.1 Å². The molecule has 1 aromatic rings. The van der Waals surface area contributed by atoms with E-state index in [9.17, 15) is 0 Å². The van der Waals surface area contributed by atoms with Crippen LogP contribution in [0.1, 0.15) is 20.3 Å². The molecule has 1 heterocycles. The molecule has 1 N–H and O–H groups in total. The minimum atomic E-state index is 0.550. The van der Waals surface area contributed by atoms with Gasteiger partial charge < -0.3 is 10.2 Å². The van der Waals surface area contributed by atoms with Gasteiger partial charge in [-0.05, 0) is 37.1 Å². The van der Waals surface area contributed by atoms with Crippen molar-refractivity contribution in [1.29, 1.82) is 0 Å². The van der Waals surface area contributed by atoms with Gasteiger partial charge in [-0.3, -0.25) is 0 Å². The van der Waals surface area contributed by atoms with Crippen LogP contribution in [0.2, 0.25) is 10.0 Å². The summed E-state index contributed by atoms with van der Waals surface area (Å²) in [7, 11) is 0. The maximum Gasteiger partial charge on any atom is 0.0640 e. The molecule has 0 bridgehead atoms.